The van der Waals surface area contributed by atoms with E-state index in [2.05, 4.69) is 36.9 Å². The molecule has 0 aromatic heterocycles. The molecule has 1 aromatic rings. The summed E-state index contributed by atoms with van der Waals surface area (Å²) in [5, 5.41) is 0. The first kappa shape index (κ1) is 18.5. The van der Waals surface area contributed by atoms with E-state index in [-0.39, 0.29) is 5.91 Å². The van der Waals surface area contributed by atoms with E-state index < -0.39 is 0 Å². The second-order valence-corrected chi connectivity index (χ2v) is 5.43. The third kappa shape index (κ3) is 6.03. The van der Waals surface area contributed by atoms with E-state index in [0.29, 0.717) is 26.2 Å². The number of hydrogen-bond acceptors (Lipinski definition) is 4. The van der Waals surface area contributed by atoms with Crippen LogP contribution in [0.15, 0.2) is 18.2 Å². The molecule has 124 valence electrons. The lowest BCUT2D eigenvalue weighted by molar-refractivity contribution is -0.118. The molecular weight excluding hydrogens is 278 g/mol. The monoisotopic (exact) mass is 307 g/mol. The van der Waals surface area contributed by atoms with Crippen LogP contribution in [-0.4, -0.2) is 32.1 Å². The number of amides is 1. The van der Waals surface area contributed by atoms with Crippen molar-refractivity contribution in [3.63, 3.8) is 0 Å². The maximum absolute atomic E-state index is 10.9. The van der Waals surface area contributed by atoms with E-state index in [0.717, 1.165) is 25.9 Å². The van der Waals surface area contributed by atoms with Crippen LogP contribution in [0.2, 0.25) is 0 Å². The van der Waals surface area contributed by atoms with Crippen molar-refractivity contribution in [1.29, 1.82) is 0 Å². The summed E-state index contributed by atoms with van der Waals surface area (Å²) in [5.41, 5.74) is 14.3. The lowest BCUT2D eigenvalue weighted by Crippen LogP contribution is -2.27. The first-order chi connectivity index (χ1) is 10.6. The fourth-order valence-corrected chi connectivity index (χ4v) is 2.53. The van der Waals surface area contributed by atoms with Gasteiger partial charge in [0.2, 0.25) is 5.91 Å². The van der Waals surface area contributed by atoms with Gasteiger partial charge in [0, 0.05) is 37.4 Å². The average Bonchev–Trinajstić information content (AvgIpc) is 2.49. The quantitative estimate of drug-likeness (QED) is 0.612. The van der Waals surface area contributed by atoms with Crippen molar-refractivity contribution in [3.05, 3.63) is 29.3 Å². The van der Waals surface area contributed by atoms with Gasteiger partial charge in [-0.1, -0.05) is 18.2 Å². The lowest BCUT2D eigenvalue weighted by Gasteiger charge is -2.27. The molecule has 0 aliphatic rings. The number of primary amides is 1. The van der Waals surface area contributed by atoms with Gasteiger partial charge < -0.3 is 21.1 Å². The molecule has 1 amide bonds. The van der Waals surface area contributed by atoms with Crippen molar-refractivity contribution in [2.24, 2.45) is 11.5 Å². The average molecular weight is 307 g/mol. The van der Waals surface area contributed by atoms with Gasteiger partial charge in [0.1, 0.15) is 0 Å². The number of para-hydroxylation sites is 1. The molecule has 0 radical (unpaired) electrons. The molecule has 1 aromatic carbocycles. The molecule has 0 saturated carbocycles. The highest BCUT2D eigenvalue weighted by Crippen LogP contribution is 2.26. The van der Waals surface area contributed by atoms with Crippen LogP contribution in [-0.2, 0) is 16.1 Å². The Balaban J connectivity index is 2.77. The first-order valence-corrected chi connectivity index (χ1v) is 7.99. The van der Waals surface area contributed by atoms with E-state index in [1.54, 1.807) is 0 Å². The van der Waals surface area contributed by atoms with E-state index in [1.165, 1.54) is 16.8 Å². The summed E-state index contributed by atoms with van der Waals surface area (Å²) in [6.07, 6.45) is 2.06. The predicted molar refractivity (Wildman–Crippen MR) is 90.8 cm³/mol. The minimum absolute atomic E-state index is 0.244. The largest absolute Gasteiger partial charge is 0.377 e. The van der Waals surface area contributed by atoms with Crippen LogP contribution in [0.3, 0.4) is 0 Å². The maximum atomic E-state index is 10.9. The Morgan fingerprint density at radius 1 is 1.32 bits per heavy atom. The summed E-state index contributed by atoms with van der Waals surface area (Å²) in [6, 6.07) is 6.26. The standard InChI is InChI=1S/C17H29N3O2/c1-3-20(11-5-9-16(19)21)17-14(2)7-4-8-15(17)13-22-12-6-10-18/h4,7-8H,3,5-6,9-13,18H2,1-2H3,(H2,19,21). The number of carbonyl (C=O) groups is 1. The molecule has 0 unspecified atom stereocenters. The number of hydrogen-bond donors (Lipinski definition) is 2. The van der Waals surface area contributed by atoms with Crippen LogP contribution in [0.5, 0.6) is 0 Å². The fourth-order valence-electron chi connectivity index (χ4n) is 2.53. The molecule has 0 bridgehead atoms. The maximum Gasteiger partial charge on any atom is 0.217 e. The van der Waals surface area contributed by atoms with Gasteiger partial charge in [-0.05, 0) is 38.8 Å². The van der Waals surface area contributed by atoms with Crippen molar-refractivity contribution in [2.75, 3.05) is 31.1 Å². The predicted octanol–water partition coefficient (Wildman–Crippen LogP) is 1.95. The highest BCUT2D eigenvalue weighted by atomic mass is 16.5. The van der Waals surface area contributed by atoms with Gasteiger partial charge >= 0.3 is 0 Å². The number of rotatable bonds is 11. The molecule has 0 aliphatic heterocycles. The molecule has 4 N–H and O–H groups in total. The fraction of sp³-hybridized carbons (Fsp3) is 0.588. The Kier molecular flexibility index (Phi) is 8.55. The molecule has 5 heteroatoms. The molecule has 0 heterocycles. The minimum atomic E-state index is -0.244. The normalized spacial score (nSPS) is 10.7. The highest BCUT2D eigenvalue weighted by Gasteiger charge is 2.13. The van der Waals surface area contributed by atoms with Crippen molar-refractivity contribution in [1.82, 2.24) is 0 Å². The Labute approximate surface area is 133 Å². The molecule has 0 saturated heterocycles. The highest BCUT2D eigenvalue weighted by molar-refractivity contribution is 5.73. The van der Waals surface area contributed by atoms with Crippen molar-refractivity contribution < 1.29 is 9.53 Å². The van der Waals surface area contributed by atoms with Crippen LogP contribution >= 0.6 is 0 Å². The third-order valence-corrected chi connectivity index (χ3v) is 3.62. The number of anilines is 1. The zero-order chi connectivity index (χ0) is 16.4. The third-order valence-electron chi connectivity index (χ3n) is 3.62. The summed E-state index contributed by atoms with van der Waals surface area (Å²) in [6.45, 7) is 7.85. The molecule has 0 spiro atoms. The van der Waals surface area contributed by atoms with Crippen molar-refractivity contribution >= 4 is 11.6 Å². The van der Waals surface area contributed by atoms with Crippen molar-refractivity contribution in [2.45, 2.75) is 39.7 Å². The number of aryl methyl sites for hydroxylation is 1. The molecule has 1 rings (SSSR count). The van der Waals surface area contributed by atoms with Crippen LogP contribution in [0.1, 0.15) is 37.3 Å². The number of carbonyl (C=O) groups excluding carboxylic acids is 1. The second-order valence-electron chi connectivity index (χ2n) is 5.43. The van der Waals surface area contributed by atoms with Gasteiger partial charge in [-0.25, -0.2) is 0 Å². The Morgan fingerprint density at radius 3 is 2.73 bits per heavy atom. The van der Waals surface area contributed by atoms with E-state index >= 15 is 0 Å². The summed E-state index contributed by atoms with van der Waals surface area (Å²) >= 11 is 0. The molecule has 0 aliphatic carbocycles. The minimum Gasteiger partial charge on any atom is -0.377 e. The topological polar surface area (TPSA) is 81.6 Å². The summed E-state index contributed by atoms with van der Waals surface area (Å²) in [5.74, 6) is -0.244. The smallest absolute Gasteiger partial charge is 0.217 e. The number of benzene rings is 1. The van der Waals surface area contributed by atoms with Crippen molar-refractivity contribution in [3.8, 4) is 0 Å². The molecule has 0 fully saturated rings. The summed E-state index contributed by atoms with van der Waals surface area (Å²) < 4.78 is 5.71. The molecule has 0 atom stereocenters. The van der Waals surface area contributed by atoms with Gasteiger partial charge in [0.15, 0.2) is 0 Å². The number of nitrogens with two attached hydrogens (primary N) is 2. The van der Waals surface area contributed by atoms with Gasteiger partial charge in [0.05, 0.1) is 6.61 Å². The van der Waals surface area contributed by atoms with Crippen LogP contribution in [0.25, 0.3) is 0 Å². The van der Waals surface area contributed by atoms with Gasteiger partial charge in [0.25, 0.3) is 0 Å². The van der Waals surface area contributed by atoms with Gasteiger partial charge in [-0.15, -0.1) is 0 Å². The SMILES string of the molecule is CCN(CCCC(N)=O)c1c(C)cccc1COCCCN. The van der Waals surface area contributed by atoms with Gasteiger partial charge in [-0.3, -0.25) is 4.79 Å². The molecular formula is C17H29N3O2. The zero-order valence-electron chi connectivity index (χ0n) is 13.8. The molecule has 22 heavy (non-hydrogen) atoms. The second kappa shape index (κ2) is 10.2. The first-order valence-electron chi connectivity index (χ1n) is 7.99. The van der Waals surface area contributed by atoms with Crippen LogP contribution < -0.4 is 16.4 Å². The Bertz CT molecular complexity index is 463. The van der Waals surface area contributed by atoms with E-state index in [9.17, 15) is 4.79 Å². The summed E-state index contributed by atoms with van der Waals surface area (Å²) in [7, 11) is 0. The lowest BCUT2D eigenvalue weighted by atomic mass is 10.1. The van der Waals surface area contributed by atoms with E-state index in [1.807, 2.05) is 0 Å². The molecule has 5 nitrogen and oxygen atoms in total. The zero-order valence-corrected chi connectivity index (χ0v) is 13.8. The van der Waals surface area contributed by atoms with Gasteiger partial charge in [-0.2, -0.15) is 0 Å². The number of ether oxygens (including phenoxy) is 1. The van der Waals surface area contributed by atoms with E-state index in [4.69, 9.17) is 16.2 Å². The Hall–Kier alpha value is -1.59. The Morgan fingerprint density at radius 2 is 2.09 bits per heavy atom. The van der Waals surface area contributed by atoms with Crippen LogP contribution in [0.4, 0.5) is 5.69 Å². The van der Waals surface area contributed by atoms with Crippen LogP contribution in [0, 0.1) is 6.92 Å². The number of nitrogens with zero attached hydrogens (tertiary/aromatic N) is 1. The summed E-state index contributed by atoms with van der Waals surface area (Å²) in [4.78, 5) is 13.2.